The summed E-state index contributed by atoms with van der Waals surface area (Å²) < 4.78 is 5.45. The lowest BCUT2D eigenvalue weighted by Gasteiger charge is -2.05. The molecule has 98 valence electrons. The van der Waals surface area contributed by atoms with Crippen LogP contribution >= 0.6 is 11.3 Å². The van der Waals surface area contributed by atoms with Crippen molar-refractivity contribution >= 4 is 17.1 Å². The quantitative estimate of drug-likeness (QED) is 0.804. The van der Waals surface area contributed by atoms with Crippen LogP contribution in [0.3, 0.4) is 0 Å². The van der Waals surface area contributed by atoms with E-state index in [1.165, 1.54) is 11.3 Å². The lowest BCUT2D eigenvalue weighted by atomic mass is 9.96. The summed E-state index contributed by atoms with van der Waals surface area (Å²) >= 11 is 1.34. The Morgan fingerprint density at radius 3 is 2.47 bits per heavy atom. The van der Waals surface area contributed by atoms with Gasteiger partial charge in [0.1, 0.15) is 16.5 Å². The summed E-state index contributed by atoms with van der Waals surface area (Å²) in [6, 6.07) is 2.05. The molecule has 0 fully saturated rings. The molecule has 0 aromatic carbocycles. The molecule has 2 heterocycles. The van der Waals surface area contributed by atoms with Crippen molar-refractivity contribution in [2.75, 3.05) is 0 Å². The predicted octanol–water partition coefficient (Wildman–Crippen LogP) is 3.46. The Labute approximate surface area is 115 Å². The summed E-state index contributed by atoms with van der Waals surface area (Å²) in [5.41, 5.74) is 2.14. The molecule has 19 heavy (non-hydrogen) atoms. The molecule has 1 atom stereocenters. The molecular formula is C14H14N2O2S. The summed E-state index contributed by atoms with van der Waals surface area (Å²) in [7, 11) is 0. The first-order chi connectivity index (χ1) is 8.95. The van der Waals surface area contributed by atoms with E-state index in [0.717, 1.165) is 11.3 Å². The largest absolute Gasteiger partial charge is 0.466 e. The fourth-order valence-electron chi connectivity index (χ4n) is 2.03. The van der Waals surface area contributed by atoms with Crippen LogP contribution in [0, 0.1) is 39.0 Å². The van der Waals surface area contributed by atoms with Crippen LogP contribution in [0.25, 0.3) is 0 Å². The molecule has 2 aromatic heterocycles. The van der Waals surface area contributed by atoms with E-state index in [0.29, 0.717) is 22.1 Å². The average molecular weight is 274 g/mol. The number of hydrogen-bond donors (Lipinski definition) is 0. The first-order valence-corrected chi connectivity index (χ1v) is 6.76. The van der Waals surface area contributed by atoms with Crippen LogP contribution in [-0.2, 0) is 0 Å². The number of aryl methyl sites for hydroxylation is 3. The molecule has 0 bridgehead atoms. The number of rotatable bonds is 3. The van der Waals surface area contributed by atoms with E-state index >= 15 is 0 Å². The van der Waals surface area contributed by atoms with Crippen LogP contribution in [-0.4, -0.2) is 10.8 Å². The highest BCUT2D eigenvalue weighted by molar-refractivity contribution is 7.10. The van der Waals surface area contributed by atoms with Crippen molar-refractivity contribution in [1.29, 1.82) is 5.26 Å². The molecular weight excluding hydrogens is 260 g/mol. The summed E-state index contributed by atoms with van der Waals surface area (Å²) in [5, 5.41) is 11.7. The topological polar surface area (TPSA) is 66.9 Å². The molecule has 0 N–H and O–H groups in total. The number of carbonyl (C=O) groups is 1. The van der Waals surface area contributed by atoms with E-state index in [1.54, 1.807) is 6.92 Å². The van der Waals surface area contributed by atoms with Crippen molar-refractivity contribution < 1.29 is 9.21 Å². The van der Waals surface area contributed by atoms with Gasteiger partial charge in [0.2, 0.25) is 0 Å². The van der Waals surface area contributed by atoms with Gasteiger partial charge in [0.25, 0.3) is 0 Å². The van der Waals surface area contributed by atoms with E-state index in [2.05, 4.69) is 11.1 Å². The molecule has 1 unspecified atom stereocenters. The molecule has 0 aliphatic heterocycles. The Bertz CT molecular complexity index is 676. The van der Waals surface area contributed by atoms with Crippen molar-refractivity contribution in [2.45, 2.75) is 33.6 Å². The lowest BCUT2D eigenvalue weighted by molar-refractivity contribution is 0.0977. The summed E-state index contributed by atoms with van der Waals surface area (Å²) in [6.45, 7) is 7.24. The SMILES string of the molecule is Cc1csc(C(C#N)C(=O)c2c(C)oc(C)c2C)n1. The highest BCUT2D eigenvalue weighted by Gasteiger charge is 2.29. The van der Waals surface area contributed by atoms with Crippen molar-refractivity contribution in [3.05, 3.63) is 38.7 Å². The average Bonchev–Trinajstić information content (AvgIpc) is 2.86. The Hall–Kier alpha value is -1.93. The van der Waals surface area contributed by atoms with E-state index in [-0.39, 0.29) is 5.78 Å². The number of hydrogen-bond acceptors (Lipinski definition) is 5. The van der Waals surface area contributed by atoms with Gasteiger partial charge >= 0.3 is 0 Å². The fourth-order valence-corrected chi connectivity index (χ4v) is 2.87. The molecule has 0 spiro atoms. The Balaban J connectivity index is 2.45. The van der Waals surface area contributed by atoms with Gasteiger partial charge in [0.05, 0.1) is 11.6 Å². The second-order valence-electron chi connectivity index (χ2n) is 4.47. The van der Waals surface area contributed by atoms with E-state index in [9.17, 15) is 10.1 Å². The standard InChI is InChI=1S/C14H14N2O2S/c1-7-6-19-14(16-7)11(5-15)13(17)12-8(2)9(3)18-10(12)4/h6,11H,1-4H3. The molecule has 0 aliphatic rings. The zero-order valence-corrected chi connectivity index (χ0v) is 12.1. The van der Waals surface area contributed by atoms with Crippen LogP contribution in [0.4, 0.5) is 0 Å². The minimum Gasteiger partial charge on any atom is -0.466 e. The molecule has 2 aromatic rings. The van der Waals surface area contributed by atoms with Crippen LogP contribution in [0.1, 0.15) is 44.1 Å². The minimum atomic E-state index is -0.854. The summed E-state index contributed by atoms with van der Waals surface area (Å²) in [4.78, 5) is 16.8. The second kappa shape index (κ2) is 4.98. The number of thiazole rings is 1. The van der Waals surface area contributed by atoms with Crippen LogP contribution in [0.2, 0.25) is 0 Å². The first-order valence-electron chi connectivity index (χ1n) is 5.88. The van der Waals surface area contributed by atoms with Gasteiger partial charge in [0, 0.05) is 16.6 Å². The fraction of sp³-hybridized carbons (Fsp3) is 0.357. The third kappa shape index (κ3) is 2.32. The Morgan fingerprint density at radius 1 is 1.37 bits per heavy atom. The zero-order valence-electron chi connectivity index (χ0n) is 11.3. The van der Waals surface area contributed by atoms with Crippen molar-refractivity contribution in [3.63, 3.8) is 0 Å². The second-order valence-corrected chi connectivity index (χ2v) is 5.36. The van der Waals surface area contributed by atoms with Gasteiger partial charge in [-0.05, 0) is 27.7 Å². The third-order valence-electron chi connectivity index (χ3n) is 3.08. The maximum atomic E-state index is 12.5. The maximum absolute atomic E-state index is 12.5. The van der Waals surface area contributed by atoms with Gasteiger partial charge in [-0.1, -0.05) is 0 Å². The Kier molecular flexibility index (Phi) is 3.54. The lowest BCUT2D eigenvalue weighted by Crippen LogP contribution is -2.12. The van der Waals surface area contributed by atoms with Crippen LogP contribution < -0.4 is 0 Å². The number of aromatic nitrogens is 1. The molecule has 4 nitrogen and oxygen atoms in total. The van der Waals surface area contributed by atoms with Crippen molar-refractivity contribution in [3.8, 4) is 6.07 Å². The van der Waals surface area contributed by atoms with E-state index in [4.69, 9.17) is 4.42 Å². The zero-order chi connectivity index (χ0) is 14.2. The molecule has 0 amide bonds. The normalized spacial score (nSPS) is 12.2. The van der Waals surface area contributed by atoms with Gasteiger partial charge in [-0.15, -0.1) is 11.3 Å². The molecule has 2 rings (SSSR count). The highest BCUT2D eigenvalue weighted by Crippen LogP contribution is 2.29. The molecule has 0 saturated carbocycles. The first kappa shape index (κ1) is 13.5. The highest BCUT2D eigenvalue weighted by atomic mass is 32.1. The van der Waals surface area contributed by atoms with Gasteiger partial charge < -0.3 is 4.42 Å². The van der Waals surface area contributed by atoms with Crippen molar-refractivity contribution in [1.82, 2.24) is 4.98 Å². The van der Waals surface area contributed by atoms with Crippen LogP contribution in [0.5, 0.6) is 0 Å². The van der Waals surface area contributed by atoms with E-state index < -0.39 is 5.92 Å². The number of ketones is 1. The van der Waals surface area contributed by atoms with Crippen molar-refractivity contribution in [2.24, 2.45) is 0 Å². The maximum Gasteiger partial charge on any atom is 0.190 e. The van der Waals surface area contributed by atoms with Gasteiger partial charge in [-0.25, -0.2) is 4.98 Å². The number of nitrogens with zero attached hydrogens (tertiary/aromatic N) is 2. The van der Waals surface area contributed by atoms with Gasteiger partial charge in [-0.2, -0.15) is 5.26 Å². The summed E-state index contributed by atoms with van der Waals surface area (Å²) in [5.74, 6) is 0.193. The van der Waals surface area contributed by atoms with E-state index in [1.807, 2.05) is 26.2 Å². The number of furan rings is 1. The minimum absolute atomic E-state index is 0.233. The molecule has 0 aliphatic carbocycles. The number of nitriles is 1. The number of carbonyl (C=O) groups excluding carboxylic acids is 1. The Morgan fingerprint density at radius 2 is 2.05 bits per heavy atom. The molecule has 5 heteroatoms. The number of Topliss-reactive ketones (excluding diaryl/α,β-unsaturated/α-hetero) is 1. The summed E-state index contributed by atoms with van der Waals surface area (Å²) in [6.07, 6.45) is 0. The van der Waals surface area contributed by atoms with Gasteiger partial charge in [0.15, 0.2) is 11.7 Å². The molecule has 0 saturated heterocycles. The smallest absolute Gasteiger partial charge is 0.190 e. The van der Waals surface area contributed by atoms with Gasteiger partial charge in [-0.3, -0.25) is 4.79 Å². The predicted molar refractivity (Wildman–Crippen MR) is 72.5 cm³/mol. The monoisotopic (exact) mass is 274 g/mol. The van der Waals surface area contributed by atoms with Crippen LogP contribution in [0.15, 0.2) is 9.80 Å². The molecule has 0 radical (unpaired) electrons. The third-order valence-corrected chi connectivity index (χ3v) is 4.11.